The van der Waals surface area contributed by atoms with Gasteiger partial charge in [0.05, 0.1) is 53.6 Å². The number of methoxy groups -OCH3 is 1. The van der Waals surface area contributed by atoms with Crippen LogP contribution in [0.15, 0.2) is 70.7 Å². The molecule has 2 aromatic rings. The molecule has 3 unspecified atom stereocenters. The molecule has 0 bridgehead atoms. The summed E-state index contributed by atoms with van der Waals surface area (Å²) in [5, 5.41) is 9.03. The van der Waals surface area contributed by atoms with Crippen LogP contribution >= 0.6 is 0 Å². The smallest absolute Gasteiger partial charge is 0.218 e. The molecule has 0 fully saturated rings. The lowest BCUT2D eigenvalue weighted by molar-refractivity contribution is -0.118. The fourth-order valence-corrected chi connectivity index (χ4v) is 5.32. The molecule has 0 saturated carbocycles. The number of hydrogen-bond donors (Lipinski definition) is 3. The van der Waals surface area contributed by atoms with Crippen LogP contribution in [0.3, 0.4) is 0 Å². The topological polar surface area (TPSA) is 152 Å². The van der Waals surface area contributed by atoms with Crippen molar-refractivity contribution in [3.8, 4) is 6.07 Å². The Labute approximate surface area is 219 Å². The number of H-pyrrole nitrogens is 1. The van der Waals surface area contributed by atoms with Gasteiger partial charge in [-0.2, -0.15) is 5.26 Å². The standard InChI is InChI=1S/C27H30N6O3S/c1-36-27-21(15-19-7-5-6-8-22(19)32-27)24-17-30-26(31-24)23(9-3-2-4-10-25(29)34)33-37(35)20-13-11-18(16-28)12-14-20/h5-8,11-15,17,19,22-23,33H,2-4,9-10H2,1H3,(H2,29,34)(H,30,31)/t19?,22?,23-,37?/m0/s1. The maximum Gasteiger partial charge on any atom is 0.218 e. The molecule has 4 rings (SSSR count). The number of ether oxygens (including phenoxy) is 1. The molecule has 2 aliphatic rings. The second kappa shape index (κ2) is 12.5. The number of allylic oxidation sites excluding steroid dienone is 2. The number of nitrogens with one attached hydrogen (secondary N) is 2. The maximum absolute atomic E-state index is 13.1. The number of nitrogens with two attached hydrogens (primary N) is 1. The Bertz CT molecular complexity index is 1260. The van der Waals surface area contributed by atoms with Crippen LogP contribution in [0.4, 0.5) is 0 Å². The molecule has 2 heterocycles. The Kier molecular flexibility index (Phi) is 8.95. The number of aromatic nitrogens is 2. The third kappa shape index (κ3) is 6.77. The SMILES string of the molecule is COC1=NC2C=CC=CC2C=C1c1cnc([C@H](CCCCCC(N)=O)N[S+]([O-])c2ccc(C#N)cc2)[nH]1. The number of imidazole rings is 1. The van der Waals surface area contributed by atoms with E-state index in [0.717, 1.165) is 24.1 Å². The van der Waals surface area contributed by atoms with Crippen molar-refractivity contribution < 1.29 is 14.1 Å². The molecule has 192 valence electrons. The number of nitriles is 1. The Hall–Kier alpha value is -3.65. The van der Waals surface area contributed by atoms with Gasteiger partial charge in [-0.3, -0.25) is 4.79 Å². The van der Waals surface area contributed by atoms with E-state index < -0.39 is 11.4 Å². The van der Waals surface area contributed by atoms with Gasteiger partial charge in [-0.05, 0) is 37.1 Å². The highest BCUT2D eigenvalue weighted by Gasteiger charge is 2.28. The molecule has 1 aliphatic carbocycles. The highest BCUT2D eigenvalue weighted by atomic mass is 32.2. The van der Waals surface area contributed by atoms with Gasteiger partial charge in [0.15, 0.2) is 4.90 Å². The summed E-state index contributed by atoms with van der Waals surface area (Å²) >= 11 is -1.52. The average Bonchev–Trinajstić information content (AvgIpc) is 3.41. The van der Waals surface area contributed by atoms with Gasteiger partial charge < -0.3 is 20.0 Å². The molecule has 37 heavy (non-hydrogen) atoms. The summed E-state index contributed by atoms with van der Waals surface area (Å²) in [4.78, 5) is 24.4. The lowest BCUT2D eigenvalue weighted by Gasteiger charge is -2.25. The number of carbonyl (C=O) groups excluding carboxylic acids is 1. The summed E-state index contributed by atoms with van der Waals surface area (Å²) in [5.74, 6) is 1.00. The molecular formula is C27H30N6O3S. The van der Waals surface area contributed by atoms with Crippen LogP contribution in [-0.2, 0) is 20.9 Å². The zero-order valence-corrected chi connectivity index (χ0v) is 21.4. The van der Waals surface area contributed by atoms with Crippen LogP contribution in [0, 0.1) is 17.2 Å². The van der Waals surface area contributed by atoms with Crippen molar-refractivity contribution in [2.75, 3.05) is 7.11 Å². The Morgan fingerprint density at radius 2 is 2.05 bits per heavy atom. The Balaban J connectivity index is 1.53. The van der Waals surface area contributed by atoms with Crippen molar-refractivity contribution in [3.63, 3.8) is 0 Å². The third-order valence-electron chi connectivity index (χ3n) is 6.27. The third-order valence-corrected chi connectivity index (χ3v) is 7.47. The average molecular weight is 519 g/mol. The normalized spacial score (nSPS) is 19.8. The summed E-state index contributed by atoms with van der Waals surface area (Å²) in [6.45, 7) is 0. The number of primary amides is 1. The van der Waals surface area contributed by atoms with E-state index in [0.29, 0.717) is 41.4 Å². The number of rotatable bonds is 11. The first-order valence-electron chi connectivity index (χ1n) is 12.2. The minimum atomic E-state index is -1.52. The van der Waals surface area contributed by atoms with E-state index in [4.69, 9.17) is 20.7 Å². The predicted octanol–water partition coefficient (Wildman–Crippen LogP) is 3.62. The molecule has 4 N–H and O–H groups in total. The number of benzene rings is 1. The molecule has 10 heteroatoms. The van der Waals surface area contributed by atoms with E-state index in [2.05, 4.69) is 32.9 Å². The molecule has 4 atom stereocenters. The van der Waals surface area contributed by atoms with E-state index in [1.54, 1.807) is 37.6 Å². The monoisotopic (exact) mass is 518 g/mol. The minimum Gasteiger partial charge on any atom is -0.593 e. The van der Waals surface area contributed by atoms with Gasteiger partial charge in [0.25, 0.3) is 0 Å². The minimum absolute atomic E-state index is 0.00996. The second-order valence-electron chi connectivity index (χ2n) is 8.88. The van der Waals surface area contributed by atoms with Crippen molar-refractivity contribution in [1.29, 1.82) is 5.26 Å². The highest BCUT2D eigenvalue weighted by Crippen LogP contribution is 2.30. The number of carbonyl (C=O) groups is 1. The van der Waals surface area contributed by atoms with Gasteiger partial charge >= 0.3 is 0 Å². The zero-order valence-electron chi connectivity index (χ0n) is 20.6. The highest BCUT2D eigenvalue weighted by molar-refractivity contribution is 7.89. The van der Waals surface area contributed by atoms with Crippen LogP contribution in [0.2, 0.25) is 0 Å². The van der Waals surface area contributed by atoms with E-state index in [-0.39, 0.29) is 23.9 Å². The molecular weight excluding hydrogens is 488 g/mol. The van der Waals surface area contributed by atoms with E-state index in [1.807, 2.05) is 18.2 Å². The fourth-order valence-electron chi connectivity index (χ4n) is 4.31. The first-order chi connectivity index (χ1) is 18.0. The van der Waals surface area contributed by atoms with Crippen LogP contribution in [-0.4, -0.2) is 39.5 Å². The summed E-state index contributed by atoms with van der Waals surface area (Å²) in [6, 6.07) is 8.37. The number of dihydropyridines is 1. The van der Waals surface area contributed by atoms with Crippen LogP contribution < -0.4 is 10.5 Å². The van der Waals surface area contributed by atoms with Crippen LogP contribution in [0.25, 0.3) is 5.57 Å². The van der Waals surface area contributed by atoms with Gasteiger partial charge in [0.1, 0.15) is 11.9 Å². The summed E-state index contributed by atoms with van der Waals surface area (Å²) < 4.78 is 21.9. The number of nitrogens with zero attached hydrogens (tertiary/aromatic N) is 3. The molecule has 1 amide bonds. The number of amides is 1. The number of aromatic amines is 1. The first-order valence-corrected chi connectivity index (χ1v) is 13.3. The van der Waals surface area contributed by atoms with Gasteiger partial charge in [-0.25, -0.2) is 9.98 Å². The number of unbranched alkanes of at least 4 members (excludes halogenated alkanes) is 2. The summed E-state index contributed by atoms with van der Waals surface area (Å²) in [7, 11) is 1.60. The molecule has 0 saturated heterocycles. The second-order valence-corrected chi connectivity index (χ2v) is 10.1. The van der Waals surface area contributed by atoms with Crippen molar-refractivity contribution in [3.05, 3.63) is 77.9 Å². The van der Waals surface area contributed by atoms with Crippen molar-refractivity contribution >= 4 is 28.7 Å². The number of aliphatic imine (C=N–C) groups is 1. The Morgan fingerprint density at radius 1 is 1.27 bits per heavy atom. The molecule has 0 radical (unpaired) electrons. The van der Waals surface area contributed by atoms with E-state index >= 15 is 0 Å². The number of hydrogen-bond acceptors (Lipinski definition) is 7. The lowest BCUT2D eigenvalue weighted by atomic mass is 9.90. The van der Waals surface area contributed by atoms with Gasteiger partial charge in [-0.1, -0.05) is 43.2 Å². The van der Waals surface area contributed by atoms with Crippen molar-refractivity contribution in [1.82, 2.24) is 14.7 Å². The first kappa shape index (κ1) is 26.4. The largest absolute Gasteiger partial charge is 0.593 e. The summed E-state index contributed by atoms with van der Waals surface area (Å²) in [5.41, 5.74) is 7.35. The van der Waals surface area contributed by atoms with Crippen molar-refractivity contribution in [2.24, 2.45) is 16.6 Å². The number of fused-ring (bicyclic) bond motifs is 1. The van der Waals surface area contributed by atoms with Gasteiger partial charge in [0, 0.05) is 12.3 Å². The van der Waals surface area contributed by atoms with Gasteiger partial charge in [0.2, 0.25) is 11.8 Å². The zero-order chi connectivity index (χ0) is 26.2. The van der Waals surface area contributed by atoms with Crippen LogP contribution in [0.5, 0.6) is 0 Å². The Morgan fingerprint density at radius 3 is 2.78 bits per heavy atom. The van der Waals surface area contributed by atoms with E-state index in [1.165, 1.54) is 0 Å². The molecule has 0 spiro atoms. The maximum atomic E-state index is 13.1. The predicted molar refractivity (Wildman–Crippen MR) is 142 cm³/mol. The molecule has 9 nitrogen and oxygen atoms in total. The lowest BCUT2D eigenvalue weighted by Crippen LogP contribution is -2.29. The fraction of sp³-hybridized carbons (Fsp3) is 0.333. The van der Waals surface area contributed by atoms with Gasteiger partial charge in [-0.15, -0.1) is 4.72 Å². The van der Waals surface area contributed by atoms with E-state index in [9.17, 15) is 9.35 Å². The van der Waals surface area contributed by atoms with Crippen LogP contribution in [0.1, 0.15) is 55.2 Å². The molecule has 1 aliphatic heterocycles. The quantitative estimate of drug-likeness (QED) is 0.305. The molecule has 1 aromatic heterocycles. The van der Waals surface area contributed by atoms with Crippen molar-refractivity contribution in [2.45, 2.75) is 49.1 Å². The molecule has 1 aromatic carbocycles. The summed E-state index contributed by atoms with van der Waals surface area (Å²) in [6.07, 6.45) is 15.3.